The molecule has 166 valence electrons. The van der Waals surface area contributed by atoms with Crippen LogP contribution in [-0.4, -0.2) is 34.6 Å². The molecular weight excluding hydrogens is 412 g/mol. The molecule has 0 aromatic heterocycles. The summed E-state index contributed by atoms with van der Waals surface area (Å²) >= 11 is 0. The summed E-state index contributed by atoms with van der Waals surface area (Å²) in [6.07, 6.45) is 0.396. The van der Waals surface area contributed by atoms with Crippen molar-refractivity contribution in [3.8, 4) is 0 Å². The summed E-state index contributed by atoms with van der Waals surface area (Å²) in [6.45, 7) is 1.72. The van der Waals surface area contributed by atoms with Crippen molar-refractivity contribution < 1.29 is 14.7 Å². The summed E-state index contributed by atoms with van der Waals surface area (Å²) in [6, 6.07) is 29.2. The molecule has 0 aliphatic heterocycles. The first-order chi connectivity index (χ1) is 16.0. The summed E-state index contributed by atoms with van der Waals surface area (Å²) < 4.78 is 0. The van der Waals surface area contributed by atoms with Crippen molar-refractivity contribution in [2.24, 2.45) is 0 Å². The number of aliphatic hydroxyl groups excluding tert-OH is 1. The molecule has 5 heteroatoms. The largest absolute Gasteiger partial charge is 0.394 e. The molecule has 4 aromatic carbocycles. The van der Waals surface area contributed by atoms with Gasteiger partial charge in [-0.2, -0.15) is 0 Å². The fourth-order valence-electron chi connectivity index (χ4n) is 3.83. The van der Waals surface area contributed by atoms with E-state index in [0.717, 1.165) is 21.9 Å². The van der Waals surface area contributed by atoms with Crippen molar-refractivity contribution in [3.05, 3.63) is 119 Å². The van der Waals surface area contributed by atoms with Gasteiger partial charge in [0.2, 0.25) is 0 Å². The molecule has 2 N–H and O–H groups in total. The second-order valence-electron chi connectivity index (χ2n) is 8.07. The molecule has 4 rings (SSSR count). The van der Waals surface area contributed by atoms with Gasteiger partial charge in [0, 0.05) is 11.1 Å². The number of carbonyl (C=O) groups excluding carboxylic acids is 2. The number of aryl methyl sites for hydroxylation is 1. The van der Waals surface area contributed by atoms with Crippen LogP contribution in [0.1, 0.15) is 31.8 Å². The summed E-state index contributed by atoms with van der Waals surface area (Å²) in [5.41, 5.74) is 5.73. The SMILES string of the molecule is Cc1ccc2cc(C(=O)NN(C(=O)c3ccccc3)[C@H](CO)Cc3ccccc3)ccc2c1. The van der Waals surface area contributed by atoms with Crippen LogP contribution in [0.5, 0.6) is 0 Å². The maximum Gasteiger partial charge on any atom is 0.272 e. The molecule has 0 bridgehead atoms. The van der Waals surface area contributed by atoms with Crippen LogP contribution in [0.3, 0.4) is 0 Å². The average molecular weight is 439 g/mol. The minimum Gasteiger partial charge on any atom is -0.394 e. The van der Waals surface area contributed by atoms with E-state index >= 15 is 0 Å². The number of benzene rings is 4. The van der Waals surface area contributed by atoms with Crippen molar-refractivity contribution >= 4 is 22.6 Å². The summed E-state index contributed by atoms with van der Waals surface area (Å²) in [5.74, 6) is -0.788. The van der Waals surface area contributed by atoms with Crippen LogP contribution < -0.4 is 5.43 Å². The molecule has 0 heterocycles. The van der Waals surface area contributed by atoms with Crippen molar-refractivity contribution in [2.75, 3.05) is 6.61 Å². The molecule has 5 nitrogen and oxygen atoms in total. The second kappa shape index (κ2) is 10.1. The smallest absolute Gasteiger partial charge is 0.272 e. The third-order valence-corrected chi connectivity index (χ3v) is 5.61. The van der Waals surface area contributed by atoms with E-state index in [1.807, 2.05) is 61.5 Å². The first-order valence-corrected chi connectivity index (χ1v) is 10.9. The Labute approximate surface area is 193 Å². The van der Waals surface area contributed by atoms with Crippen LogP contribution >= 0.6 is 0 Å². The first kappa shape index (κ1) is 22.2. The Balaban J connectivity index is 1.64. The Hall–Kier alpha value is -3.96. The van der Waals surface area contributed by atoms with E-state index < -0.39 is 11.9 Å². The van der Waals surface area contributed by atoms with E-state index in [2.05, 4.69) is 11.5 Å². The zero-order valence-corrected chi connectivity index (χ0v) is 18.4. The number of hydrogen-bond donors (Lipinski definition) is 2. The van der Waals surface area contributed by atoms with E-state index in [-0.39, 0.29) is 12.5 Å². The molecule has 0 unspecified atom stereocenters. The molecule has 0 fully saturated rings. The van der Waals surface area contributed by atoms with Gasteiger partial charge in [0.15, 0.2) is 0 Å². The lowest BCUT2D eigenvalue weighted by Crippen LogP contribution is -2.54. The standard InChI is InChI=1S/C28H26N2O3/c1-20-12-13-24-18-25(15-14-23(24)16-20)27(32)29-30(28(33)22-10-6-3-7-11-22)26(19-31)17-21-8-4-2-5-9-21/h2-16,18,26,31H,17,19H2,1H3,(H,29,32)/t26-/m0/s1. The van der Waals surface area contributed by atoms with Crippen LogP contribution in [0.2, 0.25) is 0 Å². The molecule has 0 radical (unpaired) electrons. The van der Waals surface area contributed by atoms with Gasteiger partial charge in [-0.25, -0.2) is 5.01 Å². The van der Waals surface area contributed by atoms with Crippen molar-refractivity contribution in [1.82, 2.24) is 10.4 Å². The monoisotopic (exact) mass is 438 g/mol. The highest BCUT2D eigenvalue weighted by molar-refractivity contribution is 6.01. The van der Waals surface area contributed by atoms with E-state index in [1.165, 1.54) is 5.01 Å². The molecule has 0 aliphatic carbocycles. The van der Waals surface area contributed by atoms with Crippen molar-refractivity contribution in [3.63, 3.8) is 0 Å². The molecule has 0 spiro atoms. The van der Waals surface area contributed by atoms with Gasteiger partial charge in [-0.1, -0.05) is 78.4 Å². The number of amides is 2. The molecule has 33 heavy (non-hydrogen) atoms. The molecule has 0 saturated carbocycles. The number of carbonyl (C=O) groups is 2. The van der Waals surface area contributed by atoms with Gasteiger partial charge in [-0.3, -0.25) is 15.0 Å². The third kappa shape index (κ3) is 5.27. The average Bonchev–Trinajstić information content (AvgIpc) is 2.86. The lowest BCUT2D eigenvalue weighted by Gasteiger charge is -2.31. The molecule has 2 amide bonds. The molecule has 0 aliphatic rings. The highest BCUT2D eigenvalue weighted by Gasteiger charge is 2.27. The van der Waals surface area contributed by atoms with Gasteiger partial charge in [-0.15, -0.1) is 0 Å². The van der Waals surface area contributed by atoms with Crippen LogP contribution in [0, 0.1) is 6.92 Å². The minimum absolute atomic E-state index is 0.301. The summed E-state index contributed by atoms with van der Waals surface area (Å²) in [4.78, 5) is 26.5. The number of aliphatic hydroxyl groups is 1. The lowest BCUT2D eigenvalue weighted by atomic mass is 10.0. The Bertz CT molecular complexity index is 1260. The number of nitrogens with zero attached hydrogens (tertiary/aromatic N) is 1. The zero-order chi connectivity index (χ0) is 23.2. The van der Waals surface area contributed by atoms with Crippen LogP contribution in [0.15, 0.2) is 97.1 Å². The predicted octanol–water partition coefficient (Wildman–Crippen LogP) is 4.54. The summed E-state index contributed by atoms with van der Waals surface area (Å²) in [7, 11) is 0. The normalized spacial score (nSPS) is 11.7. The van der Waals surface area contributed by atoms with Gasteiger partial charge in [-0.05, 0) is 53.9 Å². The number of nitrogens with one attached hydrogen (secondary N) is 1. The van der Waals surface area contributed by atoms with Gasteiger partial charge in [0.05, 0.1) is 12.6 Å². The Kier molecular flexibility index (Phi) is 6.81. The fraction of sp³-hybridized carbons (Fsp3) is 0.143. The number of hydrogen-bond acceptors (Lipinski definition) is 3. The lowest BCUT2D eigenvalue weighted by molar-refractivity contribution is 0.0386. The van der Waals surface area contributed by atoms with Gasteiger partial charge >= 0.3 is 0 Å². The highest BCUT2D eigenvalue weighted by atomic mass is 16.3. The maximum absolute atomic E-state index is 13.4. The predicted molar refractivity (Wildman–Crippen MR) is 130 cm³/mol. The quantitative estimate of drug-likeness (QED) is 0.434. The van der Waals surface area contributed by atoms with E-state index in [1.54, 1.807) is 36.4 Å². The van der Waals surface area contributed by atoms with Crippen LogP contribution in [0.4, 0.5) is 0 Å². The highest BCUT2D eigenvalue weighted by Crippen LogP contribution is 2.19. The van der Waals surface area contributed by atoms with Gasteiger partial charge < -0.3 is 5.11 Å². The molecule has 1 atom stereocenters. The minimum atomic E-state index is -0.632. The summed E-state index contributed by atoms with van der Waals surface area (Å²) in [5, 5.41) is 13.4. The number of rotatable bonds is 6. The molecule has 0 saturated heterocycles. The fourth-order valence-corrected chi connectivity index (χ4v) is 3.83. The van der Waals surface area contributed by atoms with Gasteiger partial charge in [0.25, 0.3) is 11.8 Å². The maximum atomic E-state index is 13.4. The molecule has 4 aromatic rings. The Morgan fingerprint density at radius 1 is 0.818 bits per heavy atom. The van der Waals surface area contributed by atoms with Gasteiger partial charge in [0.1, 0.15) is 0 Å². The van der Waals surface area contributed by atoms with Crippen LogP contribution in [0.25, 0.3) is 10.8 Å². The zero-order valence-electron chi connectivity index (χ0n) is 18.4. The van der Waals surface area contributed by atoms with E-state index in [0.29, 0.717) is 17.5 Å². The van der Waals surface area contributed by atoms with E-state index in [9.17, 15) is 14.7 Å². The second-order valence-corrected chi connectivity index (χ2v) is 8.07. The first-order valence-electron chi connectivity index (χ1n) is 10.9. The van der Waals surface area contributed by atoms with Crippen LogP contribution in [-0.2, 0) is 6.42 Å². The Morgan fingerprint density at radius 2 is 1.45 bits per heavy atom. The van der Waals surface area contributed by atoms with E-state index in [4.69, 9.17) is 0 Å². The third-order valence-electron chi connectivity index (χ3n) is 5.61. The topological polar surface area (TPSA) is 69.6 Å². The number of hydrazine groups is 1. The Morgan fingerprint density at radius 3 is 2.15 bits per heavy atom. The van der Waals surface area contributed by atoms with Crippen molar-refractivity contribution in [2.45, 2.75) is 19.4 Å². The number of fused-ring (bicyclic) bond motifs is 1. The van der Waals surface area contributed by atoms with Crippen molar-refractivity contribution in [1.29, 1.82) is 0 Å². The molecular formula is C28H26N2O3.